The Kier molecular flexibility index (Phi) is 4.75. The Labute approximate surface area is 157 Å². The fraction of sp³-hybridized carbons (Fsp3) is 0.286. The summed E-state index contributed by atoms with van der Waals surface area (Å²) in [6.07, 6.45) is 4.06. The molecule has 1 N–H and O–H groups in total. The number of aliphatic hydroxyl groups excluding tert-OH is 1. The van der Waals surface area contributed by atoms with E-state index in [1.54, 1.807) is 0 Å². The quantitative estimate of drug-likeness (QED) is 0.561. The number of rotatable bonds is 4. The van der Waals surface area contributed by atoms with Gasteiger partial charge in [-0.05, 0) is 24.3 Å². The van der Waals surface area contributed by atoms with Gasteiger partial charge in [-0.2, -0.15) is 5.26 Å². The fourth-order valence-electron chi connectivity index (χ4n) is 3.45. The maximum absolute atomic E-state index is 10.5. The van der Waals surface area contributed by atoms with Crippen molar-refractivity contribution in [3.63, 3.8) is 0 Å². The Hall–Kier alpha value is -3.33. The van der Waals surface area contributed by atoms with E-state index in [9.17, 15) is 10.4 Å². The minimum absolute atomic E-state index is 0.0981. The fourth-order valence-corrected chi connectivity index (χ4v) is 3.45. The highest BCUT2D eigenvalue weighted by Gasteiger charge is 2.21. The molecule has 1 aliphatic rings. The van der Waals surface area contributed by atoms with E-state index in [1.807, 2.05) is 47.0 Å². The molecule has 0 radical (unpaired) electrons. The van der Waals surface area contributed by atoms with Crippen molar-refractivity contribution in [2.75, 3.05) is 6.61 Å². The number of allylic oxidation sites excluding steroid dienone is 1. The number of benzene rings is 2. The Morgan fingerprint density at radius 3 is 2.85 bits per heavy atom. The van der Waals surface area contributed by atoms with Gasteiger partial charge in [-0.25, -0.2) is 0 Å². The number of fused-ring (bicyclic) bond motifs is 2. The number of ether oxygens (including phenoxy) is 1. The zero-order valence-corrected chi connectivity index (χ0v) is 14.9. The second kappa shape index (κ2) is 7.50. The van der Waals surface area contributed by atoms with Crippen LogP contribution in [0.3, 0.4) is 0 Å². The van der Waals surface area contributed by atoms with Crippen molar-refractivity contribution in [1.82, 2.24) is 14.8 Å². The van der Waals surface area contributed by atoms with Gasteiger partial charge in [-0.3, -0.25) is 0 Å². The second-order valence-corrected chi connectivity index (χ2v) is 6.60. The Morgan fingerprint density at radius 1 is 1.11 bits per heavy atom. The summed E-state index contributed by atoms with van der Waals surface area (Å²) in [7, 11) is 0. The summed E-state index contributed by atoms with van der Waals surface area (Å²) in [5.41, 5.74) is 0.121. The lowest BCUT2D eigenvalue weighted by atomic mass is 10.1. The van der Waals surface area contributed by atoms with Crippen LogP contribution in [-0.2, 0) is 13.0 Å². The molecule has 0 saturated heterocycles. The van der Waals surface area contributed by atoms with Crippen molar-refractivity contribution in [2.24, 2.45) is 0 Å². The van der Waals surface area contributed by atoms with Crippen LogP contribution < -0.4 is 4.74 Å². The van der Waals surface area contributed by atoms with Crippen LogP contribution in [0.4, 0.5) is 0 Å². The molecule has 1 aliphatic heterocycles. The first-order valence-corrected chi connectivity index (χ1v) is 9.13. The molecule has 2 aromatic carbocycles. The molecule has 0 aliphatic carbocycles. The molecule has 6 nitrogen and oxygen atoms in total. The number of nitriles is 1. The van der Waals surface area contributed by atoms with Gasteiger partial charge < -0.3 is 14.4 Å². The molecule has 0 atom stereocenters. The predicted octanol–water partition coefficient (Wildman–Crippen LogP) is 4.03. The number of hydrogen-bond acceptors (Lipinski definition) is 5. The Bertz CT molecular complexity index is 1040. The molecule has 0 unspecified atom stereocenters. The normalized spacial score (nSPS) is 14.8. The number of aliphatic hydroxyl groups is 1. The van der Waals surface area contributed by atoms with Crippen LogP contribution in [0, 0.1) is 11.3 Å². The molecule has 6 heteroatoms. The van der Waals surface area contributed by atoms with Crippen molar-refractivity contribution in [2.45, 2.75) is 32.2 Å². The van der Waals surface area contributed by atoms with Crippen molar-refractivity contribution in [1.29, 1.82) is 5.26 Å². The molecular formula is C21H20N4O2. The average Bonchev–Trinajstić information content (AvgIpc) is 2.94. The molecule has 27 heavy (non-hydrogen) atoms. The van der Waals surface area contributed by atoms with E-state index in [-0.39, 0.29) is 17.9 Å². The van der Waals surface area contributed by atoms with Gasteiger partial charge in [-0.1, -0.05) is 42.8 Å². The first-order valence-electron chi connectivity index (χ1n) is 9.13. The lowest BCUT2D eigenvalue weighted by Gasteiger charge is -2.11. The molecule has 4 rings (SSSR count). The molecule has 0 saturated carbocycles. The summed E-state index contributed by atoms with van der Waals surface area (Å²) in [6, 6.07) is 15.7. The Morgan fingerprint density at radius 2 is 1.96 bits per heavy atom. The van der Waals surface area contributed by atoms with Gasteiger partial charge in [0.2, 0.25) is 0 Å². The van der Waals surface area contributed by atoms with Crippen molar-refractivity contribution >= 4 is 16.3 Å². The predicted molar refractivity (Wildman–Crippen MR) is 102 cm³/mol. The standard InChI is InChI=1S/C21H20N4O2/c22-13-17(21-24-23-20-11-2-1-5-12-25(20)21)18(26)14-27-19-10-6-8-15-7-3-4-9-16(15)19/h3-4,6-10,26H,1-2,5,11-12,14H2. The topological polar surface area (TPSA) is 84.0 Å². The highest BCUT2D eigenvalue weighted by molar-refractivity contribution is 5.88. The molecule has 0 spiro atoms. The molecule has 3 aromatic rings. The van der Waals surface area contributed by atoms with Crippen LogP contribution in [0.25, 0.3) is 16.3 Å². The van der Waals surface area contributed by atoms with Crippen molar-refractivity contribution < 1.29 is 9.84 Å². The summed E-state index contributed by atoms with van der Waals surface area (Å²) in [5.74, 6) is 1.83. The van der Waals surface area contributed by atoms with Gasteiger partial charge >= 0.3 is 0 Å². The smallest absolute Gasteiger partial charge is 0.178 e. The molecule has 0 fully saturated rings. The van der Waals surface area contributed by atoms with E-state index in [1.165, 1.54) is 0 Å². The van der Waals surface area contributed by atoms with E-state index in [4.69, 9.17) is 4.74 Å². The van der Waals surface area contributed by atoms with Crippen LogP contribution in [-0.4, -0.2) is 26.5 Å². The van der Waals surface area contributed by atoms with E-state index >= 15 is 0 Å². The summed E-state index contributed by atoms with van der Waals surface area (Å²) in [4.78, 5) is 0. The van der Waals surface area contributed by atoms with Gasteiger partial charge in [0.15, 0.2) is 11.6 Å². The maximum Gasteiger partial charge on any atom is 0.178 e. The monoisotopic (exact) mass is 360 g/mol. The summed E-state index contributed by atoms with van der Waals surface area (Å²) >= 11 is 0. The summed E-state index contributed by atoms with van der Waals surface area (Å²) < 4.78 is 7.76. The van der Waals surface area contributed by atoms with E-state index in [0.717, 1.165) is 48.8 Å². The van der Waals surface area contributed by atoms with Crippen LogP contribution >= 0.6 is 0 Å². The highest BCUT2D eigenvalue weighted by atomic mass is 16.5. The van der Waals surface area contributed by atoms with E-state index in [0.29, 0.717) is 11.6 Å². The number of aromatic nitrogens is 3. The van der Waals surface area contributed by atoms with Crippen LogP contribution in [0.1, 0.15) is 30.9 Å². The number of aryl methyl sites for hydroxylation is 1. The third-order valence-corrected chi connectivity index (χ3v) is 4.85. The van der Waals surface area contributed by atoms with Gasteiger partial charge in [0, 0.05) is 18.4 Å². The van der Waals surface area contributed by atoms with Crippen molar-refractivity contribution in [3.05, 3.63) is 59.9 Å². The first-order chi connectivity index (χ1) is 13.3. The summed E-state index contributed by atoms with van der Waals surface area (Å²) in [6.45, 7) is 0.666. The molecular weight excluding hydrogens is 340 g/mol. The van der Waals surface area contributed by atoms with Crippen LogP contribution in [0.5, 0.6) is 5.75 Å². The molecule has 0 amide bonds. The Balaban J connectivity index is 1.62. The third kappa shape index (κ3) is 3.36. The minimum atomic E-state index is -0.134. The van der Waals surface area contributed by atoms with Gasteiger partial charge in [0.05, 0.1) is 0 Å². The van der Waals surface area contributed by atoms with Crippen LogP contribution in [0.2, 0.25) is 0 Å². The lowest BCUT2D eigenvalue weighted by molar-refractivity contribution is 0.274. The van der Waals surface area contributed by atoms with Gasteiger partial charge in [0.25, 0.3) is 0 Å². The first kappa shape index (κ1) is 17.1. The van der Waals surface area contributed by atoms with E-state index in [2.05, 4.69) is 16.3 Å². The molecule has 0 bridgehead atoms. The van der Waals surface area contributed by atoms with Crippen LogP contribution in [0.15, 0.2) is 48.2 Å². The number of nitrogens with zero attached hydrogens (tertiary/aromatic N) is 4. The maximum atomic E-state index is 10.5. The summed E-state index contributed by atoms with van der Waals surface area (Å²) in [5, 5.41) is 30.5. The van der Waals surface area contributed by atoms with E-state index < -0.39 is 0 Å². The average molecular weight is 360 g/mol. The molecule has 1 aromatic heterocycles. The van der Waals surface area contributed by atoms with Crippen molar-refractivity contribution in [3.8, 4) is 11.8 Å². The van der Waals surface area contributed by atoms with Gasteiger partial charge in [0.1, 0.15) is 29.8 Å². The van der Waals surface area contributed by atoms with Gasteiger partial charge in [-0.15, -0.1) is 10.2 Å². The largest absolute Gasteiger partial charge is 0.507 e. The third-order valence-electron chi connectivity index (χ3n) is 4.85. The number of hydrogen-bond donors (Lipinski definition) is 1. The molecule has 2 heterocycles. The lowest BCUT2D eigenvalue weighted by Crippen LogP contribution is -2.09. The SMILES string of the molecule is N#CC(=C(O)COc1cccc2ccccc12)c1nnc2n1CCCCC2. The highest BCUT2D eigenvalue weighted by Crippen LogP contribution is 2.26. The minimum Gasteiger partial charge on any atom is -0.507 e. The molecule has 136 valence electrons. The zero-order valence-electron chi connectivity index (χ0n) is 14.9. The zero-order chi connectivity index (χ0) is 18.6. The second-order valence-electron chi connectivity index (χ2n) is 6.60.